The molecular formula is C28H62S2Sn. The van der Waals surface area contributed by atoms with Gasteiger partial charge in [0, 0.05) is 0 Å². The normalized spacial score (nSPS) is 10.3. The SMILES string of the molecule is CCCCCCCCCCCCS.CCCCCCCCCCCCS.CCC[CH2][SnH]. The number of thiol groups is 2. The molecule has 0 bridgehead atoms. The molecule has 190 valence electrons. The summed E-state index contributed by atoms with van der Waals surface area (Å²) in [5.74, 6) is 2.13. The first-order valence-corrected chi connectivity index (χ1v) is 17.8. The van der Waals surface area contributed by atoms with Crippen LogP contribution in [0.15, 0.2) is 0 Å². The molecule has 0 nitrogen and oxygen atoms in total. The van der Waals surface area contributed by atoms with Crippen molar-refractivity contribution in [2.45, 2.75) is 166 Å². The van der Waals surface area contributed by atoms with E-state index >= 15 is 0 Å². The number of hydrogen-bond donors (Lipinski definition) is 2. The second-order valence-electron chi connectivity index (χ2n) is 8.95. The zero-order chi connectivity index (χ0) is 23.7. The summed E-state index contributed by atoms with van der Waals surface area (Å²) < 4.78 is 1.47. The van der Waals surface area contributed by atoms with Crippen LogP contribution in [0.2, 0.25) is 4.44 Å². The van der Waals surface area contributed by atoms with Crippen molar-refractivity contribution < 1.29 is 0 Å². The number of unbranched alkanes of at least 4 members (excludes halogenated alkanes) is 19. The molecule has 0 aliphatic rings. The van der Waals surface area contributed by atoms with E-state index in [0.717, 1.165) is 11.5 Å². The van der Waals surface area contributed by atoms with Gasteiger partial charge >= 0.3 is 46.7 Å². The Bertz CT molecular complexity index is 205. The van der Waals surface area contributed by atoms with E-state index in [-0.39, 0.29) is 0 Å². The van der Waals surface area contributed by atoms with E-state index < -0.39 is 0 Å². The van der Waals surface area contributed by atoms with Crippen LogP contribution in [0.1, 0.15) is 162 Å². The first kappa shape index (κ1) is 37.1. The molecule has 0 heterocycles. The second kappa shape index (κ2) is 41.7. The molecule has 0 saturated carbocycles. The van der Waals surface area contributed by atoms with E-state index in [0.29, 0.717) is 0 Å². The standard InChI is InChI=1S/2C12H26S.C4H9.Sn.H/c2*1-2-3-4-5-6-7-8-9-10-11-12-13;1-3-4-2;;/h2*13H,2-12H2,1H3;1,3-4H2,2H3;;. The van der Waals surface area contributed by atoms with Gasteiger partial charge in [-0.25, -0.2) is 0 Å². The van der Waals surface area contributed by atoms with Crippen LogP contribution >= 0.6 is 25.3 Å². The monoisotopic (exact) mass is 582 g/mol. The van der Waals surface area contributed by atoms with Crippen molar-refractivity contribution in [2.75, 3.05) is 11.5 Å². The first-order valence-electron chi connectivity index (χ1n) is 14.2. The molecule has 0 unspecified atom stereocenters. The average Bonchev–Trinajstić information content (AvgIpc) is 2.78. The zero-order valence-electron chi connectivity index (χ0n) is 22.1. The Morgan fingerprint density at radius 3 is 0.742 bits per heavy atom. The summed E-state index contributed by atoms with van der Waals surface area (Å²) in [5, 5.41) is 0. The van der Waals surface area contributed by atoms with Crippen LogP contribution in [0.4, 0.5) is 0 Å². The molecular weight excluding hydrogens is 519 g/mol. The van der Waals surface area contributed by atoms with E-state index in [9.17, 15) is 0 Å². The minimum absolute atomic E-state index is 1.07. The van der Waals surface area contributed by atoms with Crippen LogP contribution in [0, 0.1) is 0 Å². The summed E-state index contributed by atoms with van der Waals surface area (Å²) in [5.41, 5.74) is 0. The Balaban J connectivity index is -0.000000416. The van der Waals surface area contributed by atoms with Crippen molar-refractivity contribution in [2.24, 2.45) is 0 Å². The second-order valence-corrected chi connectivity index (χ2v) is 11.5. The fourth-order valence-electron chi connectivity index (χ4n) is 3.40. The van der Waals surface area contributed by atoms with Crippen molar-refractivity contribution >= 4 is 47.8 Å². The van der Waals surface area contributed by atoms with Crippen molar-refractivity contribution in [3.8, 4) is 0 Å². The predicted octanol–water partition coefficient (Wildman–Crippen LogP) is 10.8. The van der Waals surface area contributed by atoms with E-state index in [1.165, 1.54) is 168 Å². The molecule has 0 spiro atoms. The van der Waals surface area contributed by atoms with Gasteiger partial charge in [0.25, 0.3) is 0 Å². The Morgan fingerprint density at radius 1 is 0.355 bits per heavy atom. The average molecular weight is 582 g/mol. The van der Waals surface area contributed by atoms with Gasteiger partial charge in [-0.15, -0.1) is 0 Å². The topological polar surface area (TPSA) is 0 Å². The Morgan fingerprint density at radius 2 is 0.581 bits per heavy atom. The number of rotatable bonds is 22. The molecule has 0 aliphatic heterocycles. The quantitative estimate of drug-likeness (QED) is 0.0709. The van der Waals surface area contributed by atoms with Crippen molar-refractivity contribution in [3.05, 3.63) is 0 Å². The summed E-state index contributed by atoms with van der Waals surface area (Å²) in [6.45, 7) is 6.78. The molecule has 0 fully saturated rings. The van der Waals surface area contributed by atoms with Crippen LogP contribution in [-0.4, -0.2) is 34.0 Å². The summed E-state index contributed by atoms with van der Waals surface area (Å²) >= 11 is 9.86. The van der Waals surface area contributed by atoms with Crippen LogP contribution in [0.25, 0.3) is 0 Å². The van der Waals surface area contributed by atoms with Gasteiger partial charge in [-0.1, -0.05) is 129 Å². The predicted molar refractivity (Wildman–Crippen MR) is 158 cm³/mol. The molecule has 0 saturated heterocycles. The van der Waals surface area contributed by atoms with E-state index in [1.807, 2.05) is 0 Å². The zero-order valence-corrected chi connectivity index (χ0v) is 27.2. The van der Waals surface area contributed by atoms with E-state index in [1.54, 1.807) is 0 Å². The molecule has 0 aromatic heterocycles. The van der Waals surface area contributed by atoms with E-state index in [4.69, 9.17) is 0 Å². The summed E-state index contributed by atoms with van der Waals surface area (Å²) in [7, 11) is 0. The molecule has 0 amide bonds. The van der Waals surface area contributed by atoms with Gasteiger partial charge in [0.15, 0.2) is 0 Å². The van der Waals surface area contributed by atoms with Gasteiger partial charge < -0.3 is 0 Å². The van der Waals surface area contributed by atoms with Crippen molar-refractivity contribution in [3.63, 3.8) is 0 Å². The van der Waals surface area contributed by atoms with Crippen LogP contribution in [-0.2, 0) is 0 Å². The summed E-state index contributed by atoms with van der Waals surface area (Å²) in [4.78, 5) is 0. The maximum absolute atomic E-state index is 4.20. The molecule has 0 N–H and O–H groups in total. The number of hydrogen-bond acceptors (Lipinski definition) is 2. The van der Waals surface area contributed by atoms with Gasteiger partial charge in [0.2, 0.25) is 0 Å². The molecule has 31 heavy (non-hydrogen) atoms. The van der Waals surface area contributed by atoms with Crippen molar-refractivity contribution in [1.82, 2.24) is 0 Å². The van der Waals surface area contributed by atoms with E-state index in [2.05, 4.69) is 46.0 Å². The summed E-state index contributed by atoms with van der Waals surface area (Å²) in [6, 6.07) is 0. The molecule has 0 atom stereocenters. The molecule has 0 aromatic carbocycles. The van der Waals surface area contributed by atoms with Crippen molar-refractivity contribution in [1.29, 1.82) is 0 Å². The fraction of sp³-hybridized carbons (Fsp3) is 1.00. The Labute approximate surface area is 224 Å². The molecule has 0 aromatic rings. The third-order valence-corrected chi connectivity index (χ3v) is 7.38. The van der Waals surface area contributed by atoms with Gasteiger partial charge in [0.05, 0.1) is 0 Å². The van der Waals surface area contributed by atoms with Gasteiger partial charge in [-0.05, 0) is 24.3 Å². The van der Waals surface area contributed by atoms with Gasteiger partial charge in [-0.2, -0.15) is 25.3 Å². The molecule has 3 heteroatoms. The first-order chi connectivity index (χ1) is 15.2. The molecule has 2 radical (unpaired) electrons. The molecule has 0 rings (SSSR count). The van der Waals surface area contributed by atoms with Crippen LogP contribution in [0.3, 0.4) is 0 Å². The molecule has 0 aliphatic carbocycles. The van der Waals surface area contributed by atoms with Gasteiger partial charge in [0.1, 0.15) is 0 Å². The van der Waals surface area contributed by atoms with Gasteiger partial charge in [-0.3, -0.25) is 0 Å². The fourth-order valence-corrected chi connectivity index (χ4v) is 5.02. The maximum atomic E-state index is 4.20. The van der Waals surface area contributed by atoms with Crippen LogP contribution < -0.4 is 0 Å². The Kier molecular flexibility index (Phi) is 49.9. The Hall–Kier alpha value is 1.50. The third-order valence-electron chi connectivity index (χ3n) is 5.58. The third kappa shape index (κ3) is 49.6. The van der Waals surface area contributed by atoms with Crippen LogP contribution in [0.5, 0.6) is 0 Å². The summed E-state index contributed by atoms with van der Waals surface area (Å²) in [6.07, 6.45) is 31.2. The minimum atomic E-state index is 1.07.